The lowest BCUT2D eigenvalue weighted by molar-refractivity contribution is 0.0577. The minimum absolute atomic E-state index is 0.298. The molecule has 6 heteroatoms. The first-order valence-corrected chi connectivity index (χ1v) is 7.96. The van der Waals surface area contributed by atoms with Crippen LogP contribution in [0.15, 0.2) is 30.5 Å². The Morgan fingerprint density at radius 3 is 2.62 bits per heavy atom. The van der Waals surface area contributed by atoms with Crippen LogP contribution in [0.4, 0.5) is 14.9 Å². The van der Waals surface area contributed by atoms with E-state index in [0.29, 0.717) is 18.1 Å². The Balaban J connectivity index is 1.90. The van der Waals surface area contributed by atoms with Crippen LogP contribution in [0.3, 0.4) is 0 Å². The molecule has 0 spiro atoms. The molecular formula is C18H20FN3O2. The average molecular weight is 329 g/mol. The molecule has 0 fully saturated rings. The maximum absolute atomic E-state index is 13.1. The molecule has 1 aromatic heterocycles. The lowest BCUT2D eigenvalue weighted by atomic mass is 10.1. The highest BCUT2D eigenvalue weighted by Gasteiger charge is 2.28. The highest BCUT2D eigenvalue weighted by atomic mass is 19.1. The zero-order valence-electron chi connectivity index (χ0n) is 14.0. The second-order valence-corrected chi connectivity index (χ2v) is 6.77. The lowest BCUT2D eigenvalue weighted by Gasteiger charge is -2.30. The fourth-order valence-corrected chi connectivity index (χ4v) is 2.59. The number of aromatic nitrogens is 2. The van der Waals surface area contributed by atoms with Crippen LogP contribution >= 0.6 is 0 Å². The topological polar surface area (TPSA) is 55.3 Å². The fraction of sp³-hybridized carbons (Fsp3) is 0.389. The number of benzene rings is 1. The molecule has 126 valence electrons. The standard InChI is InChI=1S/C18H20FN3O2/c1-18(2,3)24-17(23)22-10-4-5-14-15(22)11-20-16(21-14)12-6-8-13(19)9-7-12/h6-9,11H,4-5,10H2,1-3H3. The van der Waals surface area contributed by atoms with Crippen molar-refractivity contribution in [3.8, 4) is 11.4 Å². The van der Waals surface area contributed by atoms with Gasteiger partial charge in [-0.25, -0.2) is 19.2 Å². The van der Waals surface area contributed by atoms with Crippen molar-refractivity contribution < 1.29 is 13.9 Å². The maximum Gasteiger partial charge on any atom is 0.414 e. The van der Waals surface area contributed by atoms with Crippen molar-refractivity contribution in [3.05, 3.63) is 42.0 Å². The van der Waals surface area contributed by atoms with Crippen molar-refractivity contribution in [1.29, 1.82) is 0 Å². The SMILES string of the molecule is CC(C)(C)OC(=O)N1CCCc2nc(-c3ccc(F)cc3)ncc21. The smallest absolute Gasteiger partial charge is 0.414 e. The van der Waals surface area contributed by atoms with Crippen LogP contribution in [0.25, 0.3) is 11.4 Å². The lowest BCUT2D eigenvalue weighted by Crippen LogP contribution is -2.40. The summed E-state index contributed by atoms with van der Waals surface area (Å²) >= 11 is 0. The maximum atomic E-state index is 13.1. The Morgan fingerprint density at radius 2 is 1.96 bits per heavy atom. The van der Waals surface area contributed by atoms with Gasteiger partial charge in [0.05, 0.1) is 17.6 Å². The van der Waals surface area contributed by atoms with E-state index in [1.165, 1.54) is 12.1 Å². The van der Waals surface area contributed by atoms with E-state index in [2.05, 4.69) is 9.97 Å². The van der Waals surface area contributed by atoms with Crippen LogP contribution < -0.4 is 4.90 Å². The van der Waals surface area contributed by atoms with Crippen LogP contribution in [-0.4, -0.2) is 28.2 Å². The largest absolute Gasteiger partial charge is 0.443 e. The zero-order valence-corrected chi connectivity index (χ0v) is 14.0. The van der Waals surface area contributed by atoms with E-state index < -0.39 is 5.60 Å². The van der Waals surface area contributed by atoms with E-state index in [4.69, 9.17) is 4.74 Å². The van der Waals surface area contributed by atoms with Crippen molar-refractivity contribution in [3.63, 3.8) is 0 Å². The molecule has 0 unspecified atom stereocenters. The second-order valence-electron chi connectivity index (χ2n) is 6.77. The molecule has 5 nitrogen and oxygen atoms in total. The molecule has 0 saturated carbocycles. The number of rotatable bonds is 1. The van der Waals surface area contributed by atoms with E-state index in [1.807, 2.05) is 20.8 Å². The number of fused-ring (bicyclic) bond motifs is 1. The fourth-order valence-electron chi connectivity index (χ4n) is 2.59. The summed E-state index contributed by atoms with van der Waals surface area (Å²) in [5.41, 5.74) is 1.68. The van der Waals surface area contributed by atoms with Gasteiger partial charge >= 0.3 is 6.09 Å². The highest BCUT2D eigenvalue weighted by molar-refractivity contribution is 5.89. The molecule has 1 aliphatic heterocycles. The van der Waals surface area contributed by atoms with E-state index in [0.717, 1.165) is 24.1 Å². The number of carbonyl (C=O) groups is 1. The third kappa shape index (κ3) is 3.53. The first-order valence-electron chi connectivity index (χ1n) is 7.96. The minimum Gasteiger partial charge on any atom is -0.443 e. The third-order valence-electron chi connectivity index (χ3n) is 3.65. The van der Waals surface area contributed by atoms with Crippen LogP contribution in [0.2, 0.25) is 0 Å². The van der Waals surface area contributed by atoms with Gasteiger partial charge in [-0.3, -0.25) is 4.90 Å². The quantitative estimate of drug-likeness (QED) is 0.794. The summed E-state index contributed by atoms with van der Waals surface area (Å²) in [5.74, 6) is 0.229. The van der Waals surface area contributed by atoms with Gasteiger partial charge in [0.15, 0.2) is 5.82 Å². The zero-order chi connectivity index (χ0) is 17.3. The van der Waals surface area contributed by atoms with Crippen molar-refractivity contribution in [2.75, 3.05) is 11.4 Å². The van der Waals surface area contributed by atoms with Gasteiger partial charge in [-0.05, 0) is 57.9 Å². The predicted molar refractivity (Wildman–Crippen MR) is 89.3 cm³/mol. The monoisotopic (exact) mass is 329 g/mol. The molecule has 1 aliphatic rings. The third-order valence-corrected chi connectivity index (χ3v) is 3.65. The summed E-state index contributed by atoms with van der Waals surface area (Å²) in [6.07, 6.45) is 2.84. The summed E-state index contributed by atoms with van der Waals surface area (Å²) in [4.78, 5) is 22.9. The average Bonchev–Trinajstić information content (AvgIpc) is 2.53. The molecular weight excluding hydrogens is 309 g/mol. The highest BCUT2D eigenvalue weighted by Crippen LogP contribution is 2.28. The van der Waals surface area contributed by atoms with E-state index >= 15 is 0 Å². The number of hydrogen-bond acceptors (Lipinski definition) is 4. The van der Waals surface area contributed by atoms with Crippen LogP contribution in [0.5, 0.6) is 0 Å². The number of anilines is 1. The molecule has 0 atom stereocenters. The summed E-state index contributed by atoms with van der Waals surface area (Å²) < 4.78 is 18.5. The van der Waals surface area contributed by atoms with Crippen LogP contribution in [-0.2, 0) is 11.2 Å². The van der Waals surface area contributed by atoms with E-state index in [1.54, 1.807) is 23.2 Å². The van der Waals surface area contributed by atoms with Crippen molar-refractivity contribution in [1.82, 2.24) is 9.97 Å². The van der Waals surface area contributed by atoms with Gasteiger partial charge in [-0.2, -0.15) is 0 Å². The van der Waals surface area contributed by atoms with E-state index in [-0.39, 0.29) is 11.9 Å². The Bertz CT molecular complexity index is 754. The van der Waals surface area contributed by atoms with Gasteiger partial charge in [-0.15, -0.1) is 0 Å². The molecule has 0 N–H and O–H groups in total. The summed E-state index contributed by atoms with van der Waals surface area (Å²) in [5, 5.41) is 0. The molecule has 2 aromatic rings. The van der Waals surface area contributed by atoms with Gasteiger partial charge in [0, 0.05) is 12.1 Å². The van der Waals surface area contributed by atoms with Crippen molar-refractivity contribution in [2.45, 2.75) is 39.2 Å². The number of halogens is 1. The molecule has 1 amide bonds. The normalized spacial score (nSPS) is 14.2. The number of hydrogen-bond donors (Lipinski definition) is 0. The minimum atomic E-state index is -0.552. The van der Waals surface area contributed by atoms with Gasteiger partial charge in [0.1, 0.15) is 11.4 Å². The van der Waals surface area contributed by atoms with Crippen LogP contribution in [0, 0.1) is 5.82 Å². The van der Waals surface area contributed by atoms with Gasteiger partial charge in [-0.1, -0.05) is 0 Å². The summed E-state index contributed by atoms with van der Waals surface area (Å²) in [7, 11) is 0. The number of nitrogens with zero attached hydrogens (tertiary/aromatic N) is 3. The number of amides is 1. The Hall–Kier alpha value is -2.50. The first kappa shape index (κ1) is 16.4. The van der Waals surface area contributed by atoms with Gasteiger partial charge in [0.2, 0.25) is 0 Å². The molecule has 2 heterocycles. The van der Waals surface area contributed by atoms with Crippen LogP contribution in [0.1, 0.15) is 32.9 Å². The number of ether oxygens (including phenoxy) is 1. The van der Waals surface area contributed by atoms with Gasteiger partial charge < -0.3 is 4.74 Å². The van der Waals surface area contributed by atoms with Crippen molar-refractivity contribution >= 4 is 11.8 Å². The van der Waals surface area contributed by atoms with Gasteiger partial charge in [0.25, 0.3) is 0 Å². The molecule has 0 radical (unpaired) electrons. The number of carbonyl (C=O) groups excluding carboxylic acids is 1. The summed E-state index contributed by atoms with van der Waals surface area (Å²) in [6.45, 7) is 6.10. The molecule has 0 saturated heterocycles. The Morgan fingerprint density at radius 1 is 1.25 bits per heavy atom. The predicted octanol–water partition coefficient (Wildman–Crippen LogP) is 3.97. The summed E-state index contributed by atoms with van der Waals surface area (Å²) in [6, 6.07) is 6.05. The number of aryl methyl sites for hydroxylation is 1. The molecule has 0 aliphatic carbocycles. The second kappa shape index (κ2) is 6.19. The molecule has 24 heavy (non-hydrogen) atoms. The molecule has 0 bridgehead atoms. The Labute approximate surface area is 140 Å². The Kier molecular flexibility index (Phi) is 4.22. The first-order chi connectivity index (χ1) is 11.3. The van der Waals surface area contributed by atoms with E-state index in [9.17, 15) is 9.18 Å². The molecule has 3 rings (SSSR count). The van der Waals surface area contributed by atoms with Crippen molar-refractivity contribution in [2.24, 2.45) is 0 Å². The molecule has 1 aromatic carbocycles.